The van der Waals surface area contributed by atoms with Crippen LogP contribution in [0, 0.1) is 5.82 Å². The van der Waals surface area contributed by atoms with E-state index >= 15 is 0 Å². The molecule has 0 spiro atoms. The summed E-state index contributed by atoms with van der Waals surface area (Å²) in [4.78, 5) is 35.7. The molecule has 0 aliphatic rings. The van der Waals surface area contributed by atoms with E-state index < -0.39 is 36.2 Å². The van der Waals surface area contributed by atoms with Crippen molar-refractivity contribution in [1.82, 2.24) is 5.32 Å². The Hall–Kier alpha value is -3.22. The third-order valence-electron chi connectivity index (χ3n) is 3.81. The topological polar surface area (TPSA) is 84.5 Å². The van der Waals surface area contributed by atoms with Crippen LogP contribution in [-0.4, -0.2) is 30.4 Å². The molecule has 0 fully saturated rings. The first-order valence-corrected chi connectivity index (χ1v) is 8.52. The summed E-state index contributed by atoms with van der Waals surface area (Å²) in [6, 6.07) is 12.2. The van der Waals surface area contributed by atoms with Crippen molar-refractivity contribution in [1.29, 1.82) is 0 Å². The van der Waals surface area contributed by atoms with Gasteiger partial charge in [-0.3, -0.25) is 14.4 Å². The van der Waals surface area contributed by atoms with Crippen molar-refractivity contribution in [2.75, 3.05) is 11.9 Å². The molecular formula is C20H21FN2O4. The van der Waals surface area contributed by atoms with Gasteiger partial charge in [0.2, 0.25) is 0 Å². The number of carbonyl (C=O) groups excluding carboxylic acids is 3. The number of esters is 1. The van der Waals surface area contributed by atoms with E-state index in [4.69, 9.17) is 4.74 Å². The molecule has 0 aromatic heterocycles. The molecule has 0 heterocycles. The number of amides is 2. The average Bonchev–Trinajstić information content (AvgIpc) is 2.67. The molecule has 2 amide bonds. The molecule has 2 aromatic carbocycles. The molecule has 142 valence electrons. The molecule has 0 bridgehead atoms. The van der Waals surface area contributed by atoms with E-state index in [0.717, 1.165) is 24.1 Å². The molecule has 27 heavy (non-hydrogen) atoms. The highest BCUT2D eigenvalue weighted by molar-refractivity contribution is 5.97. The van der Waals surface area contributed by atoms with E-state index in [9.17, 15) is 18.8 Å². The van der Waals surface area contributed by atoms with Gasteiger partial charge in [-0.15, -0.1) is 0 Å². The summed E-state index contributed by atoms with van der Waals surface area (Å²) in [5.74, 6) is -2.23. The van der Waals surface area contributed by atoms with Gasteiger partial charge in [-0.1, -0.05) is 19.1 Å². The summed E-state index contributed by atoms with van der Waals surface area (Å²) in [7, 11) is 0. The number of rotatable bonds is 7. The zero-order valence-corrected chi connectivity index (χ0v) is 15.1. The van der Waals surface area contributed by atoms with E-state index in [1.165, 1.54) is 19.1 Å². The summed E-state index contributed by atoms with van der Waals surface area (Å²) in [5, 5.41) is 5.01. The van der Waals surface area contributed by atoms with Crippen LogP contribution in [0.4, 0.5) is 10.1 Å². The third-order valence-corrected chi connectivity index (χ3v) is 3.81. The number of benzene rings is 2. The first kappa shape index (κ1) is 20.1. The van der Waals surface area contributed by atoms with Crippen LogP contribution >= 0.6 is 0 Å². The van der Waals surface area contributed by atoms with Crippen LogP contribution in [0.25, 0.3) is 0 Å². The molecule has 6 nitrogen and oxygen atoms in total. The van der Waals surface area contributed by atoms with Crippen molar-refractivity contribution in [3.63, 3.8) is 0 Å². The lowest BCUT2D eigenvalue weighted by atomic mass is 10.1. The fourth-order valence-corrected chi connectivity index (χ4v) is 2.22. The second-order valence-corrected chi connectivity index (χ2v) is 5.86. The SMILES string of the molecule is CCc1ccc(NC(=O)[C@H](C)OC(=O)CNC(=O)c2ccc(F)cc2)cc1. The van der Waals surface area contributed by atoms with Crippen LogP contribution in [0.1, 0.15) is 29.8 Å². The maximum Gasteiger partial charge on any atom is 0.326 e. The lowest BCUT2D eigenvalue weighted by molar-refractivity contribution is -0.152. The summed E-state index contributed by atoms with van der Waals surface area (Å²) in [6.45, 7) is 3.07. The predicted molar refractivity (Wildman–Crippen MR) is 98.7 cm³/mol. The lowest BCUT2D eigenvalue weighted by Gasteiger charge is -2.14. The highest BCUT2D eigenvalue weighted by atomic mass is 19.1. The van der Waals surface area contributed by atoms with Crippen molar-refractivity contribution in [2.45, 2.75) is 26.4 Å². The standard InChI is InChI=1S/C20H21FN2O4/c1-3-14-4-10-17(11-5-14)23-19(25)13(2)27-18(24)12-22-20(26)15-6-8-16(21)9-7-15/h4-11,13H,3,12H2,1-2H3,(H,22,26)(H,23,25)/t13-/m0/s1. The van der Waals surface area contributed by atoms with Crippen molar-refractivity contribution < 1.29 is 23.5 Å². The van der Waals surface area contributed by atoms with E-state index in [2.05, 4.69) is 10.6 Å². The molecule has 0 aliphatic heterocycles. The highest BCUT2D eigenvalue weighted by Crippen LogP contribution is 2.11. The molecule has 0 aliphatic carbocycles. The van der Waals surface area contributed by atoms with E-state index in [-0.39, 0.29) is 5.56 Å². The van der Waals surface area contributed by atoms with E-state index in [1.807, 2.05) is 19.1 Å². The van der Waals surface area contributed by atoms with Gasteiger partial charge in [0.15, 0.2) is 6.10 Å². The normalized spacial score (nSPS) is 11.4. The minimum Gasteiger partial charge on any atom is -0.451 e. The summed E-state index contributed by atoms with van der Waals surface area (Å²) >= 11 is 0. The van der Waals surface area contributed by atoms with Gasteiger partial charge in [-0.05, 0) is 55.3 Å². The summed E-state index contributed by atoms with van der Waals surface area (Å²) in [6.07, 6.45) is -0.127. The molecule has 2 rings (SSSR count). The van der Waals surface area contributed by atoms with Crippen molar-refractivity contribution in [3.05, 3.63) is 65.5 Å². The first-order chi connectivity index (χ1) is 12.9. The predicted octanol–water partition coefficient (Wildman–Crippen LogP) is 2.69. The van der Waals surface area contributed by atoms with Crippen molar-refractivity contribution in [3.8, 4) is 0 Å². The van der Waals surface area contributed by atoms with Crippen molar-refractivity contribution in [2.24, 2.45) is 0 Å². The fourth-order valence-electron chi connectivity index (χ4n) is 2.22. The van der Waals surface area contributed by atoms with Crippen LogP contribution in [0.5, 0.6) is 0 Å². The highest BCUT2D eigenvalue weighted by Gasteiger charge is 2.18. The molecule has 0 saturated heterocycles. The van der Waals surface area contributed by atoms with Crippen molar-refractivity contribution >= 4 is 23.5 Å². The van der Waals surface area contributed by atoms with Crippen LogP contribution in [-0.2, 0) is 20.7 Å². The molecule has 1 atom stereocenters. The first-order valence-electron chi connectivity index (χ1n) is 8.52. The maximum atomic E-state index is 12.8. The average molecular weight is 372 g/mol. The Balaban J connectivity index is 1.78. The quantitative estimate of drug-likeness (QED) is 0.732. The van der Waals surface area contributed by atoms with E-state index in [0.29, 0.717) is 5.69 Å². The van der Waals surface area contributed by atoms with Gasteiger partial charge in [0.1, 0.15) is 12.4 Å². The molecule has 0 saturated carbocycles. The van der Waals surface area contributed by atoms with E-state index in [1.54, 1.807) is 12.1 Å². The number of halogens is 1. The second kappa shape index (κ2) is 9.47. The van der Waals surface area contributed by atoms with Gasteiger partial charge < -0.3 is 15.4 Å². The number of hydrogen-bond acceptors (Lipinski definition) is 4. The summed E-state index contributed by atoms with van der Waals surface area (Å²) < 4.78 is 17.8. The smallest absolute Gasteiger partial charge is 0.326 e. The number of aryl methyl sites for hydroxylation is 1. The van der Waals surface area contributed by atoms with Crippen LogP contribution in [0.2, 0.25) is 0 Å². The maximum absolute atomic E-state index is 12.8. The Morgan fingerprint density at radius 3 is 2.26 bits per heavy atom. The third kappa shape index (κ3) is 6.22. The minimum absolute atomic E-state index is 0.213. The summed E-state index contributed by atoms with van der Waals surface area (Å²) in [5.41, 5.74) is 1.96. The molecule has 2 N–H and O–H groups in total. The number of ether oxygens (including phenoxy) is 1. The number of nitrogens with one attached hydrogen (secondary N) is 2. The number of hydrogen-bond donors (Lipinski definition) is 2. The lowest BCUT2D eigenvalue weighted by Crippen LogP contribution is -2.35. The van der Waals surface area contributed by atoms with Gasteiger partial charge in [0.05, 0.1) is 0 Å². The molecule has 2 aromatic rings. The van der Waals surface area contributed by atoms with Gasteiger partial charge >= 0.3 is 5.97 Å². The van der Waals surface area contributed by atoms with Gasteiger partial charge in [-0.25, -0.2) is 4.39 Å². The largest absolute Gasteiger partial charge is 0.451 e. The number of anilines is 1. The Kier molecular flexibility index (Phi) is 7.05. The Labute approximate surface area is 156 Å². The second-order valence-electron chi connectivity index (χ2n) is 5.86. The molecular weight excluding hydrogens is 351 g/mol. The molecule has 0 unspecified atom stereocenters. The monoisotopic (exact) mass is 372 g/mol. The zero-order chi connectivity index (χ0) is 19.8. The van der Waals surface area contributed by atoms with Gasteiger partial charge in [0.25, 0.3) is 11.8 Å². The van der Waals surface area contributed by atoms with Crippen LogP contribution in [0.3, 0.4) is 0 Å². The zero-order valence-electron chi connectivity index (χ0n) is 15.1. The minimum atomic E-state index is -1.02. The molecule has 7 heteroatoms. The Morgan fingerprint density at radius 1 is 1.04 bits per heavy atom. The number of carbonyl (C=O) groups is 3. The van der Waals surface area contributed by atoms with Gasteiger partial charge in [-0.2, -0.15) is 0 Å². The van der Waals surface area contributed by atoms with Gasteiger partial charge in [0, 0.05) is 11.3 Å². The fraction of sp³-hybridized carbons (Fsp3) is 0.250. The molecule has 0 radical (unpaired) electrons. The Bertz CT molecular complexity index is 804. The van der Waals surface area contributed by atoms with Crippen LogP contribution in [0.15, 0.2) is 48.5 Å². The Morgan fingerprint density at radius 2 is 1.67 bits per heavy atom. The van der Waals surface area contributed by atoms with Crippen LogP contribution < -0.4 is 10.6 Å².